The molecule has 5 heteroatoms. The minimum absolute atomic E-state index is 0.0101. The fourth-order valence-corrected chi connectivity index (χ4v) is 3.07. The molecule has 1 amide bonds. The van der Waals surface area contributed by atoms with Crippen LogP contribution in [-0.2, 0) is 4.79 Å². The van der Waals surface area contributed by atoms with Gasteiger partial charge in [0.05, 0.1) is 16.8 Å². The molecule has 0 fully saturated rings. The van der Waals surface area contributed by atoms with Crippen LogP contribution in [0.25, 0.3) is 10.8 Å². The molecule has 0 bridgehead atoms. The number of benzene rings is 3. The minimum atomic E-state index is -0.447. The predicted molar refractivity (Wildman–Crippen MR) is 105 cm³/mol. The van der Waals surface area contributed by atoms with E-state index in [1.54, 1.807) is 6.92 Å². The Morgan fingerprint density at radius 1 is 1.00 bits per heavy atom. The molecule has 0 aliphatic heterocycles. The van der Waals surface area contributed by atoms with Gasteiger partial charge in [-0.25, -0.2) is 4.39 Å². The van der Waals surface area contributed by atoms with Crippen LogP contribution in [0.15, 0.2) is 60.7 Å². The van der Waals surface area contributed by atoms with Crippen molar-refractivity contribution in [2.75, 3.05) is 5.32 Å². The number of hydrogen-bond acceptors (Lipinski definition) is 2. The summed E-state index contributed by atoms with van der Waals surface area (Å²) < 4.78 is 13.1. The Bertz CT molecular complexity index is 944. The van der Waals surface area contributed by atoms with E-state index in [9.17, 15) is 9.18 Å². The maximum Gasteiger partial charge on any atom is 0.241 e. The van der Waals surface area contributed by atoms with Gasteiger partial charge in [-0.2, -0.15) is 0 Å². The molecule has 0 spiro atoms. The van der Waals surface area contributed by atoms with Crippen molar-refractivity contribution in [3.05, 3.63) is 77.1 Å². The second-order valence-electron chi connectivity index (χ2n) is 6.33. The molecule has 3 aromatic carbocycles. The van der Waals surface area contributed by atoms with E-state index in [1.807, 2.05) is 19.1 Å². The van der Waals surface area contributed by atoms with E-state index >= 15 is 0 Å². The van der Waals surface area contributed by atoms with E-state index in [0.717, 1.165) is 10.9 Å². The van der Waals surface area contributed by atoms with E-state index in [1.165, 1.54) is 23.6 Å². The highest BCUT2D eigenvalue weighted by Crippen LogP contribution is 2.23. The third-order valence-electron chi connectivity index (χ3n) is 4.36. The highest BCUT2D eigenvalue weighted by Gasteiger charge is 2.17. The van der Waals surface area contributed by atoms with Crippen LogP contribution in [0.1, 0.15) is 25.5 Å². The first-order valence-corrected chi connectivity index (χ1v) is 8.82. The summed E-state index contributed by atoms with van der Waals surface area (Å²) in [5.41, 5.74) is 1.49. The molecule has 0 aromatic heterocycles. The fourth-order valence-electron chi connectivity index (χ4n) is 2.86. The summed E-state index contributed by atoms with van der Waals surface area (Å²) in [4.78, 5) is 12.4. The summed E-state index contributed by atoms with van der Waals surface area (Å²) >= 11 is 5.96. The zero-order valence-electron chi connectivity index (χ0n) is 14.6. The molecule has 0 saturated carbocycles. The molecular formula is C21H20ClFN2O. The van der Waals surface area contributed by atoms with Crippen LogP contribution in [-0.4, -0.2) is 11.9 Å². The van der Waals surface area contributed by atoms with Crippen molar-refractivity contribution in [1.29, 1.82) is 0 Å². The number of carbonyl (C=O) groups excluding carboxylic acids is 1. The van der Waals surface area contributed by atoms with Gasteiger partial charge in [-0.15, -0.1) is 0 Å². The van der Waals surface area contributed by atoms with E-state index in [4.69, 9.17) is 11.6 Å². The molecule has 0 radical (unpaired) electrons. The largest absolute Gasteiger partial charge is 0.323 e. The van der Waals surface area contributed by atoms with Gasteiger partial charge in [-0.3, -0.25) is 10.1 Å². The third-order valence-corrected chi connectivity index (χ3v) is 4.67. The fraction of sp³-hybridized carbons (Fsp3) is 0.190. The lowest BCUT2D eigenvalue weighted by atomic mass is 10.0. The summed E-state index contributed by atoms with van der Waals surface area (Å²) in [5.74, 6) is -0.671. The Morgan fingerprint density at radius 3 is 2.46 bits per heavy atom. The second-order valence-corrected chi connectivity index (χ2v) is 6.74. The lowest BCUT2D eigenvalue weighted by Gasteiger charge is -2.20. The average Bonchev–Trinajstić information content (AvgIpc) is 2.63. The summed E-state index contributed by atoms with van der Waals surface area (Å²) in [6.07, 6.45) is 0. The lowest BCUT2D eigenvalue weighted by molar-refractivity contribution is -0.117. The smallest absolute Gasteiger partial charge is 0.241 e. The van der Waals surface area contributed by atoms with Gasteiger partial charge >= 0.3 is 0 Å². The number of anilines is 1. The molecular weight excluding hydrogens is 351 g/mol. The molecule has 2 atom stereocenters. The molecule has 0 aliphatic carbocycles. The number of hydrogen-bond donors (Lipinski definition) is 2. The number of halogens is 2. The zero-order chi connectivity index (χ0) is 18.7. The number of fused-ring (bicyclic) bond motifs is 1. The zero-order valence-corrected chi connectivity index (χ0v) is 15.3. The van der Waals surface area contributed by atoms with Crippen LogP contribution in [0.4, 0.5) is 10.1 Å². The molecule has 0 saturated heterocycles. The predicted octanol–water partition coefficient (Wildman–Crippen LogP) is 5.31. The highest BCUT2D eigenvalue weighted by molar-refractivity contribution is 6.33. The molecule has 0 aliphatic rings. The van der Waals surface area contributed by atoms with Gasteiger partial charge in [-0.1, -0.05) is 48.0 Å². The van der Waals surface area contributed by atoms with Gasteiger partial charge in [0, 0.05) is 6.04 Å². The van der Waals surface area contributed by atoms with Crippen molar-refractivity contribution in [2.24, 2.45) is 0 Å². The first kappa shape index (κ1) is 18.4. The minimum Gasteiger partial charge on any atom is -0.323 e. The number of rotatable bonds is 5. The number of amides is 1. The Hall–Kier alpha value is -2.43. The number of nitrogens with one attached hydrogen (secondary N) is 2. The molecule has 3 rings (SSSR count). The Balaban J connectivity index is 1.67. The molecule has 0 unspecified atom stereocenters. The summed E-state index contributed by atoms with van der Waals surface area (Å²) in [7, 11) is 0. The van der Waals surface area contributed by atoms with Gasteiger partial charge < -0.3 is 5.32 Å². The van der Waals surface area contributed by atoms with Crippen molar-refractivity contribution in [3.8, 4) is 0 Å². The SMILES string of the molecule is C[C@H](N[C@H](C)c1ccc2ccccc2c1)C(=O)Nc1ccc(F)cc1Cl. The third kappa shape index (κ3) is 4.21. The Morgan fingerprint density at radius 2 is 1.73 bits per heavy atom. The number of carbonyl (C=O) groups is 1. The van der Waals surface area contributed by atoms with E-state index in [-0.39, 0.29) is 17.0 Å². The van der Waals surface area contributed by atoms with Crippen LogP contribution in [0.5, 0.6) is 0 Å². The Labute approximate surface area is 157 Å². The van der Waals surface area contributed by atoms with Gasteiger partial charge in [0.15, 0.2) is 0 Å². The first-order valence-electron chi connectivity index (χ1n) is 8.44. The van der Waals surface area contributed by atoms with Gasteiger partial charge in [0.25, 0.3) is 0 Å². The van der Waals surface area contributed by atoms with Crippen LogP contribution >= 0.6 is 11.6 Å². The average molecular weight is 371 g/mol. The second kappa shape index (κ2) is 7.85. The molecule has 3 nitrogen and oxygen atoms in total. The van der Waals surface area contributed by atoms with Crippen molar-refractivity contribution < 1.29 is 9.18 Å². The normalized spacial score (nSPS) is 13.4. The maximum absolute atomic E-state index is 13.1. The van der Waals surface area contributed by atoms with Crippen LogP contribution in [0.3, 0.4) is 0 Å². The van der Waals surface area contributed by atoms with Crippen molar-refractivity contribution in [1.82, 2.24) is 5.32 Å². The Kier molecular flexibility index (Phi) is 5.55. The first-order chi connectivity index (χ1) is 12.4. The van der Waals surface area contributed by atoms with Gasteiger partial charge in [0.2, 0.25) is 5.91 Å². The molecule has 0 heterocycles. The van der Waals surface area contributed by atoms with Crippen LogP contribution < -0.4 is 10.6 Å². The van der Waals surface area contributed by atoms with E-state index in [2.05, 4.69) is 41.0 Å². The summed E-state index contributed by atoms with van der Waals surface area (Å²) in [6.45, 7) is 3.79. The van der Waals surface area contributed by atoms with Gasteiger partial charge in [-0.05, 0) is 54.4 Å². The molecule has 134 valence electrons. The summed E-state index contributed by atoms with van der Waals surface area (Å²) in [6, 6.07) is 17.8. The monoisotopic (exact) mass is 370 g/mol. The quantitative estimate of drug-likeness (QED) is 0.639. The van der Waals surface area contributed by atoms with Crippen LogP contribution in [0.2, 0.25) is 5.02 Å². The standard InChI is InChI=1S/C21H20ClFN2O/c1-13(16-8-7-15-5-3-4-6-17(15)11-16)24-14(2)21(26)25-20-10-9-18(23)12-19(20)22/h3-14,24H,1-2H3,(H,25,26)/t13-,14+/m1/s1. The van der Waals surface area contributed by atoms with Gasteiger partial charge in [0.1, 0.15) is 5.82 Å². The lowest BCUT2D eigenvalue weighted by Crippen LogP contribution is -2.39. The maximum atomic E-state index is 13.1. The summed E-state index contributed by atoms with van der Waals surface area (Å²) in [5, 5.41) is 8.52. The van der Waals surface area contributed by atoms with Crippen LogP contribution in [0, 0.1) is 5.82 Å². The van der Waals surface area contributed by atoms with E-state index in [0.29, 0.717) is 5.69 Å². The van der Waals surface area contributed by atoms with Crippen molar-refractivity contribution in [2.45, 2.75) is 25.9 Å². The molecule has 2 N–H and O–H groups in total. The van der Waals surface area contributed by atoms with E-state index < -0.39 is 11.9 Å². The van der Waals surface area contributed by atoms with Crippen molar-refractivity contribution in [3.63, 3.8) is 0 Å². The highest BCUT2D eigenvalue weighted by atomic mass is 35.5. The molecule has 3 aromatic rings. The molecule has 26 heavy (non-hydrogen) atoms. The van der Waals surface area contributed by atoms with Crippen molar-refractivity contribution >= 4 is 34.0 Å². The topological polar surface area (TPSA) is 41.1 Å².